The van der Waals surface area contributed by atoms with Crippen LogP contribution in [0, 0.1) is 5.82 Å². The van der Waals surface area contributed by atoms with Crippen molar-refractivity contribution >= 4 is 23.6 Å². The van der Waals surface area contributed by atoms with E-state index in [-0.39, 0.29) is 23.4 Å². The second-order valence-electron chi connectivity index (χ2n) is 6.23. The molecule has 1 unspecified atom stereocenters. The van der Waals surface area contributed by atoms with Crippen molar-refractivity contribution in [2.45, 2.75) is 25.1 Å². The van der Waals surface area contributed by atoms with E-state index in [0.717, 1.165) is 11.1 Å². The van der Waals surface area contributed by atoms with Gasteiger partial charge in [-0.15, -0.1) is 11.8 Å². The Hall–Kier alpha value is -2.34. The maximum atomic E-state index is 13.0. The number of rotatable bonds is 9. The van der Waals surface area contributed by atoms with Crippen LogP contribution in [0.5, 0.6) is 0 Å². The van der Waals surface area contributed by atoms with Gasteiger partial charge < -0.3 is 10.2 Å². The number of nitrogens with one attached hydrogen (secondary N) is 1. The van der Waals surface area contributed by atoms with Crippen molar-refractivity contribution in [2.24, 2.45) is 0 Å². The molecule has 0 saturated heterocycles. The van der Waals surface area contributed by atoms with Crippen LogP contribution in [0.3, 0.4) is 0 Å². The molecule has 0 aromatic heterocycles. The number of thioether (sulfide) groups is 1. The molecule has 2 amide bonds. The molecule has 0 aliphatic rings. The van der Waals surface area contributed by atoms with Gasteiger partial charge in [0.2, 0.25) is 11.8 Å². The van der Waals surface area contributed by atoms with Crippen molar-refractivity contribution < 1.29 is 14.0 Å². The highest BCUT2D eigenvalue weighted by Crippen LogP contribution is 2.15. The number of hydrogen-bond donors (Lipinski definition) is 1. The number of amides is 2. The number of carbonyl (C=O) groups is 2. The molecule has 0 heterocycles. The van der Waals surface area contributed by atoms with Crippen LogP contribution in [-0.4, -0.2) is 42.1 Å². The van der Waals surface area contributed by atoms with Crippen LogP contribution in [0.15, 0.2) is 54.6 Å². The maximum Gasteiger partial charge on any atom is 0.242 e. The third-order valence-electron chi connectivity index (χ3n) is 4.31. The predicted octanol–water partition coefficient (Wildman–Crippen LogP) is 3.26. The molecule has 4 nitrogen and oxygen atoms in total. The van der Waals surface area contributed by atoms with Crippen LogP contribution in [0.25, 0.3) is 0 Å². The van der Waals surface area contributed by atoms with E-state index in [0.29, 0.717) is 18.7 Å². The zero-order chi connectivity index (χ0) is 19.6. The molecule has 0 radical (unpaired) electrons. The van der Waals surface area contributed by atoms with E-state index in [2.05, 4.69) is 5.32 Å². The molecule has 0 aliphatic heterocycles. The third-order valence-corrected chi connectivity index (χ3v) is 5.29. The lowest BCUT2D eigenvalue weighted by molar-refractivity contribution is -0.137. The van der Waals surface area contributed by atoms with Gasteiger partial charge in [-0.3, -0.25) is 9.59 Å². The van der Waals surface area contributed by atoms with Gasteiger partial charge in [0.15, 0.2) is 0 Å². The SMILES string of the molecule is CNC(=O)C(C)N(CCc1ccccc1)C(=O)CSCc1ccc(F)cc1. The molecule has 1 N–H and O–H groups in total. The summed E-state index contributed by atoms with van der Waals surface area (Å²) < 4.78 is 13.0. The Balaban J connectivity index is 1.94. The number of nitrogens with zero attached hydrogens (tertiary/aromatic N) is 1. The van der Waals surface area contributed by atoms with Crippen LogP contribution >= 0.6 is 11.8 Å². The first kappa shape index (κ1) is 21.0. The van der Waals surface area contributed by atoms with Gasteiger partial charge in [0.25, 0.3) is 0 Å². The first-order valence-corrected chi connectivity index (χ1v) is 10.0. The summed E-state index contributed by atoms with van der Waals surface area (Å²) in [5, 5.41) is 2.61. The topological polar surface area (TPSA) is 49.4 Å². The van der Waals surface area contributed by atoms with E-state index < -0.39 is 6.04 Å². The highest BCUT2D eigenvalue weighted by Gasteiger charge is 2.24. The smallest absolute Gasteiger partial charge is 0.242 e. The highest BCUT2D eigenvalue weighted by molar-refractivity contribution is 7.99. The standard InChI is InChI=1S/C21H25FN2O2S/c1-16(21(26)23-2)24(13-12-17-6-4-3-5-7-17)20(25)15-27-14-18-8-10-19(22)11-9-18/h3-11,16H,12-15H2,1-2H3,(H,23,26). The van der Waals surface area contributed by atoms with Gasteiger partial charge in [-0.25, -0.2) is 4.39 Å². The molecule has 2 aromatic carbocycles. The van der Waals surface area contributed by atoms with Crippen molar-refractivity contribution in [3.8, 4) is 0 Å². The Morgan fingerprint density at radius 1 is 1.07 bits per heavy atom. The first-order chi connectivity index (χ1) is 13.0. The largest absolute Gasteiger partial charge is 0.357 e. The number of benzene rings is 2. The summed E-state index contributed by atoms with van der Waals surface area (Å²) in [6.07, 6.45) is 0.691. The van der Waals surface area contributed by atoms with Gasteiger partial charge in [-0.1, -0.05) is 42.5 Å². The van der Waals surface area contributed by atoms with Crippen LogP contribution in [0.1, 0.15) is 18.1 Å². The minimum atomic E-state index is -0.530. The molecule has 2 aromatic rings. The second-order valence-corrected chi connectivity index (χ2v) is 7.22. The molecular formula is C21H25FN2O2S. The molecule has 1 atom stereocenters. The molecule has 6 heteroatoms. The van der Waals surface area contributed by atoms with Crippen molar-refractivity contribution in [3.63, 3.8) is 0 Å². The van der Waals surface area contributed by atoms with E-state index in [4.69, 9.17) is 0 Å². The molecule has 2 rings (SSSR count). The molecule has 0 bridgehead atoms. The lowest BCUT2D eigenvalue weighted by Crippen LogP contribution is -2.48. The van der Waals surface area contributed by atoms with E-state index >= 15 is 0 Å². The number of likely N-dealkylation sites (N-methyl/N-ethyl adjacent to an activating group) is 1. The fourth-order valence-electron chi connectivity index (χ4n) is 2.70. The summed E-state index contributed by atoms with van der Waals surface area (Å²) in [7, 11) is 1.57. The Bertz CT molecular complexity index is 738. The summed E-state index contributed by atoms with van der Waals surface area (Å²) in [4.78, 5) is 26.4. The minimum absolute atomic E-state index is 0.0749. The van der Waals surface area contributed by atoms with Gasteiger partial charge in [-0.2, -0.15) is 0 Å². The molecule has 0 fully saturated rings. The van der Waals surface area contributed by atoms with Gasteiger partial charge in [0.1, 0.15) is 11.9 Å². The maximum absolute atomic E-state index is 13.0. The van der Waals surface area contributed by atoms with Crippen molar-refractivity contribution in [1.29, 1.82) is 0 Å². The van der Waals surface area contributed by atoms with Gasteiger partial charge in [0, 0.05) is 19.3 Å². The average Bonchev–Trinajstić information content (AvgIpc) is 2.69. The average molecular weight is 389 g/mol. The summed E-state index contributed by atoms with van der Waals surface area (Å²) >= 11 is 1.46. The fourth-order valence-corrected chi connectivity index (χ4v) is 3.57. The van der Waals surface area contributed by atoms with Gasteiger partial charge in [-0.05, 0) is 36.6 Å². The third kappa shape index (κ3) is 6.71. The lowest BCUT2D eigenvalue weighted by Gasteiger charge is -2.28. The summed E-state index contributed by atoms with van der Waals surface area (Å²) in [5.74, 6) is 0.362. The van der Waals surface area contributed by atoms with Crippen LogP contribution < -0.4 is 5.32 Å². The quantitative estimate of drug-likeness (QED) is 0.717. The first-order valence-electron chi connectivity index (χ1n) is 8.88. The Morgan fingerprint density at radius 2 is 1.74 bits per heavy atom. The minimum Gasteiger partial charge on any atom is -0.357 e. The monoisotopic (exact) mass is 388 g/mol. The van der Waals surface area contributed by atoms with Gasteiger partial charge >= 0.3 is 0 Å². The van der Waals surface area contributed by atoms with Gasteiger partial charge in [0.05, 0.1) is 5.75 Å². The van der Waals surface area contributed by atoms with E-state index in [1.165, 1.54) is 23.9 Å². The molecule has 27 heavy (non-hydrogen) atoms. The van der Waals surface area contributed by atoms with Crippen molar-refractivity contribution in [3.05, 3.63) is 71.5 Å². The summed E-state index contributed by atoms with van der Waals surface area (Å²) in [5.41, 5.74) is 2.09. The summed E-state index contributed by atoms with van der Waals surface area (Å²) in [6, 6.07) is 15.6. The van der Waals surface area contributed by atoms with Crippen LogP contribution in [0.2, 0.25) is 0 Å². The van der Waals surface area contributed by atoms with E-state index in [9.17, 15) is 14.0 Å². The van der Waals surface area contributed by atoms with Crippen molar-refractivity contribution in [2.75, 3.05) is 19.3 Å². The molecular weight excluding hydrogens is 363 g/mol. The zero-order valence-electron chi connectivity index (χ0n) is 15.7. The normalized spacial score (nSPS) is 11.7. The number of carbonyl (C=O) groups excluding carboxylic acids is 2. The Labute approximate surface area is 164 Å². The zero-order valence-corrected chi connectivity index (χ0v) is 16.5. The fraction of sp³-hybridized carbons (Fsp3) is 0.333. The Kier molecular flexibility index (Phi) is 8.33. The van der Waals surface area contributed by atoms with Crippen LogP contribution in [-0.2, 0) is 21.8 Å². The predicted molar refractivity (Wildman–Crippen MR) is 108 cm³/mol. The summed E-state index contributed by atoms with van der Waals surface area (Å²) in [6.45, 7) is 2.22. The lowest BCUT2D eigenvalue weighted by atomic mass is 10.1. The second kappa shape index (κ2) is 10.7. The van der Waals surface area contributed by atoms with E-state index in [1.54, 1.807) is 31.0 Å². The van der Waals surface area contributed by atoms with E-state index in [1.807, 2.05) is 30.3 Å². The Morgan fingerprint density at radius 3 is 2.37 bits per heavy atom. The number of halogens is 1. The highest BCUT2D eigenvalue weighted by atomic mass is 32.2. The molecule has 144 valence electrons. The number of hydrogen-bond acceptors (Lipinski definition) is 3. The molecule has 0 aliphatic carbocycles. The van der Waals surface area contributed by atoms with Crippen LogP contribution in [0.4, 0.5) is 4.39 Å². The molecule has 0 saturated carbocycles. The van der Waals surface area contributed by atoms with Crippen molar-refractivity contribution in [1.82, 2.24) is 10.2 Å². The molecule has 0 spiro atoms.